The van der Waals surface area contributed by atoms with Gasteiger partial charge in [0, 0.05) is 9.98 Å². The molecule has 1 aromatic carbocycles. The maximum atomic E-state index is 4.14. The molecule has 0 saturated heterocycles. The number of thioether (sulfide) groups is 1. The van der Waals surface area contributed by atoms with E-state index >= 15 is 0 Å². The molecule has 0 bridgehead atoms. The first-order chi connectivity index (χ1) is 5.36. The Bertz CT molecular complexity index is 203. The average molecular weight is 184 g/mol. The van der Waals surface area contributed by atoms with E-state index in [4.69, 9.17) is 0 Å². The van der Waals surface area contributed by atoms with Gasteiger partial charge in [-0.15, -0.1) is 11.8 Å². The summed E-state index contributed by atoms with van der Waals surface area (Å²) < 4.78 is 0. The van der Waals surface area contributed by atoms with E-state index in [-0.39, 0.29) is 0 Å². The Kier molecular flexibility index (Phi) is 3.87. The van der Waals surface area contributed by atoms with E-state index in [1.165, 1.54) is 10.5 Å². The summed E-state index contributed by atoms with van der Waals surface area (Å²) in [5.74, 6) is 0. The van der Waals surface area contributed by atoms with Gasteiger partial charge in [-0.3, -0.25) is 0 Å². The van der Waals surface area contributed by atoms with Crippen molar-refractivity contribution in [2.24, 2.45) is 0 Å². The van der Waals surface area contributed by atoms with E-state index in [0.29, 0.717) is 0 Å². The van der Waals surface area contributed by atoms with Gasteiger partial charge in [0.2, 0.25) is 0 Å². The Morgan fingerprint density at radius 1 is 1.27 bits per heavy atom. The molecule has 0 aliphatic carbocycles. The van der Waals surface area contributed by atoms with Crippen molar-refractivity contribution in [3.8, 4) is 0 Å². The van der Waals surface area contributed by atoms with Crippen molar-refractivity contribution in [2.75, 3.05) is 5.08 Å². The van der Waals surface area contributed by atoms with Crippen LogP contribution in [0.5, 0.6) is 0 Å². The summed E-state index contributed by atoms with van der Waals surface area (Å²) in [4.78, 5) is 1.30. The summed E-state index contributed by atoms with van der Waals surface area (Å²) in [5, 5.41) is 0.853. The second-order valence-electron chi connectivity index (χ2n) is 2.27. The van der Waals surface area contributed by atoms with Gasteiger partial charge in [0.05, 0.1) is 0 Å². The van der Waals surface area contributed by atoms with Crippen LogP contribution < -0.4 is 0 Å². The van der Waals surface area contributed by atoms with E-state index in [1.807, 2.05) is 0 Å². The Morgan fingerprint density at radius 2 is 1.91 bits per heavy atom. The van der Waals surface area contributed by atoms with Gasteiger partial charge < -0.3 is 0 Å². The molecular formula is C9H12S2. The largest absolute Gasteiger partial charge is 0.168 e. The molecule has 0 amide bonds. The fourth-order valence-corrected chi connectivity index (χ4v) is 1.82. The molecule has 0 radical (unpaired) electrons. The van der Waals surface area contributed by atoms with Crippen LogP contribution in [0.1, 0.15) is 12.5 Å². The lowest BCUT2D eigenvalue weighted by Gasteiger charge is -1.98. The molecule has 0 fully saturated rings. The maximum Gasteiger partial charge on any atom is 0.0409 e. The van der Waals surface area contributed by atoms with E-state index in [2.05, 4.69) is 43.8 Å². The van der Waals surface area contributed by atoms with Gasteiger partial charge in [0.1, 0.15) is 0 Å². The molecule has 0 aliphatic rings. The lowest BCUT2D eigenvalue weighted by atomic mass is 10.2. The van der Waals surface area contributed by atoms with Gasteiger partial charge in [-0.2, -0.15) is 12.6 Å². The molecule has 0 spiro atoms. The maximum absolute atomic E-state index is 4.14. The first-order valence-corrected chi connectivity index (χ1v) is 5.31. The number of hydrogen-bond acceptors (Lipinski definition) is 2. The fraction of sp³-hybridized carbons (Fsp3) is 0.333. The number of aryl methyl sites for hydroxylation is 1. The van der Waals surface area contributed by atoms with Crippen LogP contribution >= 0.6 is 24.4 Å². The Balaban J connectivity index is 2.66. The van der Waals surface area contributed by atoms with Crippen molar-refractivity contribution in [1.82, 2.24) is 0 Å². The Morgan fingerprint density at radius 3 is 2.36 bits per heavy atom. The third-order valence-electron chi connectivity index (χ3n) is 1.56. The normalized spacial score (nSPS) is 10.0. The van der Waals surface area contributed by atoms with Gasteiger partial charge in [-0.25, -0.2) is 0 Å². The van der Waals surface area contributed by atoms with Gasteiger partial charge in [-0.1, -0.05) is 19.1 Å². The van der Waals surface area contributed by atoms with Crippen LogP contribution in [0, 0.1) is 0 Å². The van der Waals surface area contributed by atoms with Crippen molar-refractivity contribution in [3.63, 3.8) is 0 Å². The van der Waals surface area contributed by atoms with Crippen LogP contribution in [0.4, 0.5) is 0 Å². The summed E-state index contributed by atoms with van der Waals surface area (Å²) >= 11 is 5.90. The number of hydrogen-bond donors (Lipinski definition) is 1. The molecule has 0 aliphatic heterocycles. The molecule has 0 N–H and O–H groups in total. The molecule has 0 saturated carbocycles. The lowest BCUT2D eigenvalue weighted by Crippen LogP contribution is -1.78. The molecule has 0 atom stereocenters. The van der Waals surface area contributed by atoms with Gasteiger partial charge in [-0.05, 0) is 24.1 Å². The minimum atomic E-state index is 0.853. The summed E-state index contributed by atoms with van der Waals surface area (Å²) in [6.07, 6.45) is 1.12. The van der Waals surface area contributed by atoms with E-state index in [1.54, 1.807) is 11.8 Å². The predicted octanol–water partition coefficient (Wildman–Crippen LogP) is 3.23. The van der Waals surface area contributed by atoms with Crippen molar-refractivity contribution in [1.29, 1.82) is 0 Å². The summed E-state index contributed by atoms with van der Waals surface area (Å²) in [7, 11) is 0. The molecule has 1 aromatic rings. The van der Waals surface area contributed by atoms with Crippen LogP contribution in [0.3, 0.4) is 0 Å². The zero-order chi connectivity index (χ0) is 8.10. The average Bonchev–Trinajstić information content (AvgIpc) is 2.07. The van der Waals surface area contributed by atoms with Crippen molar-refractivity contribution in [2.45, 2.75) is 18.2 Å². The minimum Gasteiger partial charge on any atom is -0.168 e. The zero-order valence-electron chi connectivity index (χ0n) is 6.58. The first-order valence-electron chi connectivity index (χ1n) is 3.69. The van der Waals surface area contributed by atoms with Crippen LogP contribution in [-0.2, 0) is 6.42 Å². The summed E-state index contributed by atoms with van der Waals surface area (Å²) in [6, 6.07) is 8.65. The molecule has 0 unspecified atom stereocenters. The number of thiol groups is 1. The van der Waals surface area contributed by atoms with Gasteiger partial charge in [0.15, 0.2) is 0 Å². The molecule has 1 rings (SSSR count). The Hall–Kier alpha value is -0.0800. The summed E-state index contributed by atoms with van der Waals surface area (Å²) in [6.45, 7) is 2.17. The Labute approximate surface area is 77.8 Å². The standard InChI is InChI=1S/C9H12S2/c1-2-8-3-5-9(6-4-8)11-7-10/h3-6,10H,2,7H2,1H3. The van der Waals surface area contributed by atoms with Gasteiger partial charge in [0.25, 0.3) is 0 Å². The van der Waals surface area contributed by atoms with Crippen molar-refractivity contribution in [3.05, 3.63) is 29.8 Å². The zero-order valence-corrected chi connectivity index (χ0v) is 8.29. The third-order valence-corrected chi connectivity index (χ3v) is 2.68. The number of rotatable bonds is 3. The molecule has 0 nitrogen and oxygen atoms in total. The highest BCUT2D eigenvalue weighted by Gasteiger charge is 1.91. The number of benzene rings is 1. The SMILES string of the molecule is CCc1ccc(SCS)cc1. The van der Waals surface area contributed by atoms with Crippen molar-refractivity contribution >= 4 is 24.4 Å². The monoisotopic (exact) mass is 184 g/mol. The third kappa shape index (κ3) is 2.80. The highest BCUT2D eigenvalue weighted by Crippen LogP contribution is 2.18. The highest BCUT2D eigenvalue weighted by atomic mass is 32.2. The van der Waals surface area contributed by atoms with Crippen molar-refractivity contribution < 1.29 is 0 Å². The van der Waals surface area contributed by atoms with Crippen LogP contribution in [0.15, 0.2) is 29.2 Å². The van der Waals surface area contributed by atoms with Crippen LogP contribution in [0.2, 0.25) is 0 Å². The van der Waals surface area contributed by atoms with Gasteiger partial charge >= 0.3 is 0 Å². The fourth-order valence-electron chi connectivity index (χ4n) is 0.896. The molecule has 0 heterocycles. The first kappa shape index (κ1) is 9.01. The molecule has 0 aromatic heterocycles. The predicted molar refractivity (Wildman–Crippen MR) is 55.5 cm³/mol. The molecular weight excluding hydrogens is 172 g/mol. The molecule has 60 valence electrons. The quantitative estimate of drug-likeness (QED) is 0.427. The van der Waals surface area contributed by atoms with E-state index in [0.717, 1.165) is 11.5 Å². The van der Waals surface area contributed by atoms with Crippen LogP contribution in [0.25, 0.3) is 0 Å². The molecule has 2 heteroatoms. The summed E-state index contributed by atoms with van der Waals surface area (Å²) in [5.41, 5.74) is 1.40. The van der Waals surface area contributed by atoms with Crippen LogP contribution in [-0.4, -0.2) is 5.08 Å². The lowest BCUT2D eigenvalue weighted by molar-refractivity contribution is 1.13. The van der Waals surface area contributed by atoms with E-state index < -0.39 is 0 Å². The second kappa shape index (κ2) is 4.73. The second-order valence-corrected chi connectivity index (χ2v) is 4.06. The topological polar surface area (TPSA) is 0 Å². The molecule has 11 heavy (non-hydrogen) atoms. The smallest absolute Gasteiger partial charge is 0.0409 e. The minimum absolute atomic E-state index is 0.853. The highest BCUT2D eigenvalue weighted by molar-refractivity contribution is 8.09. The van der Waals surface area contributed by atoms with E-state index in [9.17, 15) is 0 Å².